The third kappa shape index (κ3) is 3.80. The van der Waals surface area contributed by atoms with E-state index in [0.717, 1.165) is 33.2 Å². The zero-order valence-corrected chi connectivity index (χ0v) is 18.7. The lowest BCUT2D eigenvalue weighted by Crippen LogP contribution is -2.48. The van der Waals surface area contributed by atoms with Gasteiger partial charge in [0.25, 0.3) is 0 Å². The first-order valence-corrected chi connectivity index (χ1v) is 11.1. The van der Waals surface area contributed by atoms with Gasteiger partial charge in [-0.05, 0) is 33.9 Å². The van der Waals surface area contributed by atoms with E-state index in [4.69, 9.17) is 15.2 Å². The van der Waals surface area contributed by atoms with Crippen molar-refractivity contribution in [2.75, 3.05) is 13.7 Å². The Morgan fingerprint density at radius 3 is 2.26 bits per heavy atom. The van der Waals surface area contributed by atoms with E-state index >= 15 is 0 Å². The lowest BCUT2D eigenvalue weighted by molar-refractivity contribution is -0.143. The predicted molar refractivity (Wildman–Crippen MR) is 129 cm³/mol. The molecule has 0 saturated heterocycles. The minimum absolute atomic E-state index is 0.0861. The Morgan fingerprint density at radius 2 is 1.59 bits per heavy atom. The molecule has 0 aliphatic heterocycles. The highest BCUT2D eigenvalue weighted by Gasteiger charge is 2.33. The molecule has 3 aromatic carbocycles. The number of hydrogen-bond acceptors (Lipinski definition) is 5. The Hall–Kier alpha value is -4.10. The second-order valence-electron chi connectivity index (χ2n) is 8.29. The summed E-state index contributed by atoms with van der Waals surface area (Å²) in [6, 6.07) is 21.9. The van der Waals surface area contributed by atoms with Crippen LogP contribution < -0.4 is 11.1 Å². The molecule has 1 aliphatic rings. The zero-order valence-electron chi connectivity index (χ0n) is 18.7. The molecule has 2 atom stereocenters. The van der Waals surface area contributed by atoms with Crippen LogP contribution in [0.2, 0.25) is 0 Å². The number of nitrogens with one attached hydrogen (secondary N) is 2. The van der Waals surface area contributed by atoms with Crippen molar-refractivity contribution in [2.24, 2.45) is 5.73 Å². The molecule has 34 heavy (non-hydrogen) atoms. The van der Waals surface area contributed by atoms with Gasteiger partial charge in [0.2, 0.25) is 0 Å². The summed E-state index contributed by atoms with van der Waals surface area (Å²) in [6.45, 7) is 0.135. The Balaban J connectivity index is 1.33. The number of hydrogen-bond donors (Lipinski definition) is 3. The van der Waals surface area contributed by atoms with Crippen molar-refractivity contribution in [2.45, 2.75) is 18.0 Å². The van der Waals surface area contributed by atoms with Crippen LogP contribution in [0.15, 0.2) is 79.0 Å². The highest BCUT2D eigenvalue weighted by Crippen LogP contribution is 2.44. The topological polar surface area (TPSA) is 106 Å². The monoisotopic (exact) mass is 455 g/mol. The largest absolute Gasteiger partial charge is 0.467 e. The molecule has 0 saturated carbocycles. The molecule has 0 radical (unpaired) electrons. The molecule has 4 N–H and O–H groups in total. The van der Waals surface area contributed by atoms with E-state index in [-0.39, 0.29) is 12.5 Å². The normalized spacial score (nSPS) is 14.2. The lowest BCUT2D eigenvalue weighted by atomic mass is 9.98. The number of ether oxygens (including phenoxy) is 2. The van der Waals surface area contributed by atoms with Gasteiger partial charge in [-0.15, -0.1) is 0 Å². The number of methoxy groups -OCH3 is 1. The first-order chi connectivity index (χ1) is 16.6. The fourth-order valence-corrected chi connectivity index (χ4v) is 4.74. The number of carbonyl (C=O) groups is 2. The van der Waals surface area contributed by atoms with E-state index < -0.39 is 24.1 Å². The van der Waals surface area contributed by atoms with Gasteiger partial charge in [-0.25, -0.2) is 9.59 Å². The van der Waals surface area contributed by atoms with E-state index in [1.165, 1.54) is 7.11 Å². The highest BCUT2D eigenvalue weighted by molar-refractivity contribution is 5.87. The van der Waals surface area contributed by atoms with Gasteiger partial charge in [-0.2, -0.15) is 0 Å². The number of aromatic amines is 1. The van der Waals surface area contributed by atoms with Crippen LogP contribution in [0.25, 0.3) is 22.0 Å². The quantitative estimate of drug-likeness (QED) is 0.377. The first-order valence-electron chi connectivity index (χ1n) is 11.1. The summed E-state index contributed by atoms with van der Waals surface area (Å²) in [4.78, 5) is 28.5. The van der Waals surface area contributed by atoms with Gasteiger partial charge in [-0.3, -0.25) is 0 Å². The lowest BCUT2D eigenvalue weighted by Gasteiger charge is -2.23. The molecule has 5 rings (SSSR count). The van der Waals surface area contributed by atoms with Crippen LogP contribution in [-0.2, 0) is 14.3 Å². The van der Waals surface area contributed by atoms with E-state index in [2.05, 4.69) is 22.4 Å². The summed E-state index contributed by atoms with van der Waals surface area (Å²) < 4.78 is 10.5. The molecule has 0 unspecified atom stereocenters. The second-order valence-corrected chi connectivity index (χ2v) is 8.29. The molecular weight excluding hydrogens is 430 g/mol. The number of nitrogens with two attached hydrogens (primary N) is 1. The number of para-hydroxylation sites is 1. The summed E-state index contributed by atoms with van der Waals surface area (Å²) in [7, 11) is 1.26. The first kappa shape index (κ1) is 21.7. The van der Waals surface area contributed by atoms with Gasteiger partial charge in [0.05, 0.1) is 13.2 Å². The third-order valence-electron chi connectivity index (χ3n) is 6.41. The summed E-state index contributed by atoms with van der Waals surface area (Å²) in [6.07, 6.45) is 1.01. The van der Waals surface area contributed by atoms with Crippen LogP contribution in [-0.4, -0.2) is 36.8 Å². The molecular formula is C27H25N3O4. The Labute approximate surface area is 196 Å². The number of esters is 1. The maximum absolute atomic E-state index is 12.8. The fourth-order valence-electron chi connectivity index (χ4n) is 4.74. The molecule has 0 bridgehead atoms. The summed E-state index contributed by atoms with van der Waals surface area (Å²) in [5.74, 6) is -0.733. The molecule has 1 heterocycles. The number of rotatable bonds is 6. The van der Waals surface area contributed by atoms with E-state index in [1.54, 1.807) is 6.20 Å². The van der Waals surface area contributed by atoms with Crippen LogP contribution in [0, 0.1) is 0 Å². The number of carbonyl (C=O) groups excluding carboxylic acids is 2. The predicted octanol–water partition coefficient (Wildman–Crippen LogP) is 4.25. The van der Waals surface area contributed by atoms with Crippen molar-refractivity contribution in [3.8, 4) is 11.1 Å². The summed E-state index contributed by atoms with van der Waals surface area (Å²) in [5, 5.41) is 3.49. The Morgan fingerprint density at radius 1 is 0.971 bits per heavy atom. The molecule has 1 aliphatic carbocycles. The summed E-state index contributed by atoms with van der Waals surface area (Å²) >= 11 is 0. The van der Waals surface area contributed by atoms with Gasteiger partial charge in [-0.1, -0.05) is 66.7 Å². The minimum Gasteiger partial charge on any atom is -0.467 e. The molecule has 1 amide bonds. The van der Waals surface area contributed by atoms with Crippen molar-refractivity contribution >= 4 is 23.0 Å². The molecule has 0 fully saturated rings. The fraction of sp³-hybridized carbons (Fsp3) is 0.185. The van der Waals surface area contributed by atoms with Gasteiger partial charge in [0, 0.05) is 23.0 Å². The van der Waals surface area contributed by atoms with Crippen LogP contribution in [0.5, 0.6) is 0 Å². The van der Waals surface area contributed by atoms with Gasteiger partial charge in [0.1, 0.15) is 12.6 Å². The number of H-pyrrole nitrogens is 1. The molecule has 4 aromatic rings. The Bertz CT molecular complexity index is 1320. The summed E-state index contributed by atoms with van der Waals surface area (Å²) in [5.41, 5.74) is 12.5. The van der Waals surface area contributed by atoms with Crippen LogP contribution in [0.3, 0.4) is 0 Å². The standard InChI is InChI=1S/C27H25N3O4/c1-33-26(31)25(24(28)21-14-29-23-13-7-6-12-20(21)23)30-27(32)34-15-22-18-10-4-2-8-16(18)17-9-3-5-11-19(17)22/h2-14,22,24-25,29H,15,28H2,1H3,(H,30,32)/t24-,25+/m0/s1. The average Bonchev–Trinajstić information content (AvgIpc) is 3.45. The van der Waals surface area contributed by atoms with Crippen LogP contribution in [0.1, 0.15) is 28.7 Å². The average molecular weight is 456 g/mol. The van der Waals surface area contributed by atoms with Gasteiger partial charge < -0.3 is 25.5 Å². The molecule has 1 aromatic heterocycles. The van der Waals surface area contributed by atoms with Crippen molar-refractivity contribution in [1.82, 2.24) is 10.3 Å². The number of alkyl carbamates (subject to hydrolysis) is 1. The third-order valence-corrected chi connectivity index (χ3v) is 6.41. The van der Waals surface area contributed by atoms with Crippen LogP contribution in [0.4, 0.5) is 4.79 Å². The molecule has 7 nitrogen and oxygen atoms in total. The van der Waals surface area contributed by atoms with Gasteiger partial charge in [0.15, 0.2) is 0 Å². The minimum atomic E-state index is -1.11. The van der Waals surface area contributed by atoms with E-state index in [1.807, 2.05) is 60.7 Å². The maximum Gasteiger partial charge on any atom is 0.407 e. The molecule has 7 heteroatoms. The van der Waals surface area contributed by atoms with Crippen molar-refractivity contribution in [1.29, 1.82) is 0 Å². The Kier molecular flexibility index (Phi) is 5.77. The molecule has 172 valence electrons. The number of aromatic nitrogens is 1. The number of fused-ring (bicyclic) bond motifs is 4. The van der Waals surface area contributed by atoms with Crippen molar-refractivity contribution < 1.29 is 19.1 Å². The molecule has 0 spiro atoms. The number of benzene rings is 3. The second kappa shape index (κ2) is 9.03. The van der Waals surface area contributed by atoms with E-state index in [9.17, 15) is 9.59 Å². The maximum atomic E-state index is 12.8. The SMILES string of the molecule is COC(=O)[C@H](NC(=O)OCC1c2ccccc2-c2ccccc21)[C@@H](N)c1c[nH]c2ccccc12. The highest BCUT2D eigenvalue weighted by atomic mass is 16.6. The van der Waals surface area contributed by atoms with Crippen molar-refractivity contribution in [3.63, 3.8) is 0 Å². The van der Waals surface area contributed by atoms with Gasteiger partial charge >= 0.3 is 12.1 Å². The van der Waals surface area contributed by atoms with Crippen LogP contribution >= 0.6 is 0 Å². The van der Waals surface area contributed by atoms with E-state index in [0.29, 0.717) is 5.56 Å². The zero-order chi connectivity index (χ0) is 23.7. The number of amides is 1. The van der Waals surface area contributed by atoms with Crippen molar-refractivity contribution in [3.05, 3.63) is 95.7 Å². The smallest absolute Gasteiger partial charge is 0.407 e.